The average Bonchev–Trinajstić information content (AvgIpc) is 2.99. The van der Waals surface area contributed by atoms with Crippen LogP contribution in [-0.2, 0) is 9.47 Å². The van der Waals surface area contributed by atoms with Gasteiger partial charge in [0.2, 0.25) is 0 Å². The lowest BCUT2D eigenvalue weighted by Gasteiger charge is -2.05. The van der Waals surface area contributed by atoms with Gasteiger partial charge in [-0.3, -0.25) is 0 Å². The quantitative estimate of drug-likeness (QED) is 0.542. The molecule has 1 saturated carbocycles. The molecule has 1 aliphatic carbocycles. The van der Waals surface area contributed by atoms with Crippen LogP contribution in [0.4, 0.5) is 0 Å². The van der Waals surface area contributed by atoms with Gasteiger partial charge in [-0.1, -0.05) is 0 Å². The Labute approximate surface area is 87.2 Å². The third-order valence-corrected chi connectivity index (χ3v) is 2.43. The van der Waals surface area contributed by atoms with Crippen molar-refractivity contribution in [3.63, 3.8) is 0 Å². The normalized spacial score (nSPS) is 16.1. The van der Waals surface area contributed by atoms with Crippen LogP contribution in [0, 0.1) is 5.92 Å². The Morgan fingerprint density at radius 3 is 2.71 bits per heavy atom. The number of methoxy groups -OCH3 is 1. The van der Waals surface area contributed by atoms with Gasteiger partial charge in [-0.2, -0.15) is 0 Å². The van der Waals surface area contributed by atoms with E-state index in [0.717, 1.165) is 45.2 Å². The van der Waals surface area contributed by atoms with Crippen LogP contribution in [0.25, 0.3) is 0 Å². The van der Waals surface area contributed by atoms with E-state index in [1.807, 2.05) is 0 Å². The van der Waals surface area contributed by atoms with Crippen molar-refractivity contribution >= 4 is 0 Å². The second-order valence-corrected chi connectivity index (χ2v) is 3.97. The molecule has 0 aliphatic heterocycles. The Morgan fingerprint density at radius 1 is 1.14 bits per heavy atom. The van der Waals surface area contributed by atoms with Crippen LogP contribution in [0.3, 0.4) is 0 Å². The highest BCUT2D eigenvalue weighted by Crippen LogP contribution is 2.28. The predicted octanol–water partition coefficient (Wildman–Crippen LogP) is 1.43. The summed E-state index contributed by atoms with van der Waals surface area (Å²) in [5, 5.41) is 3.36. The lowest BCUT2D eigenvalue weighted by molar-refractivity contribution is 0.126. The van der Waals surface area contributed by atoms with Gasteiger partial charge >= 0.3 is 0 Å². The molecule has 1 N–H and O–H groups in total. The maximum absolute atomic E-state index is 5.50. The van der Waals surface area contributed by atoms with E-state index >= 15 is 0 Å². The summed E-state index contributed by atoms with van der Waals surface area (Å²) in [6.07, 6.45) is 5.10. The average molecular weight is 201 g/mol. The van der Waals surface area contributed by atoms with Gasteiger partial charge in [-0.25, -0.2) is 0 Å². The molecule has 0 atom stereocenters. The van der Waals surface area contributed by atoms with Crippen molar-refractivity contribution in [2.75, 3.05) is 40.0 Å². The molecule has 0 aromatic carbocycles. The first-order chi connectivity index (χ1) is 6.93. The third kappa shape index (κ3) is 7.30. The van der Waals surface area contributed by atoms with Gasteiger partial charge in [0.05, 0.1) is 6.61 Å². The van der Waals surface area contributed by atoms with Gasteiger partial charge in [0.15, 0.2) is 0 Å². The number of rotatable bonds is 10. The monoisotopic (exact) mass is 201 g/mol. The molecule has 0 amide bonds. The number of unbranched alkanes of at least 4 members (excludes halogenated alkanes) is 1. The van der Waals surface area contributed by atoms with Gasteiger partial charge in [0.1, 0.15) is 0 Å². The largest absolute Gasteiger partial charge is 0.385 e. The third-order valence-electron chi connectivity index (χ3n) is 2.43. The molecular formula is C11H23NO2. The lowest BCUT2D eigenvalue weighted by Crippen LogP contribution is -2.21. The molecule has 1 rings (SSSR count). The summed E-state index contributed by atoms with van der Waals surface area (Å²) < 4.78 is 10.5. The van der Waals surface area contributed by atoms with Crippen molar-refractivity contribution in [1.82, 2.24) is 5.32 Å². The maximum Gasteiger partial charge on any atom is 0.0591 e. The summed E-state index contributed by atoms with van der Waals surface area (Å²) in [4.78, 5) is 0. The van der Waals surface area contributed by atoms with Crippen LogP contribution in [-0.4, -0.2) is 40.0 Å². The second kappa shape index (κ2) is 8.21. The molecule has 0 aromatic rings. The lowest BCUT2D eigenvalue weighted by atomic mass is 10.3. The number of ether oxygens (including phenoxy) is 2. The van der Waals surface area contributed by atoms with Gasteiger partial charge in [-0.05, 0) is 38.1 Å². The highest BCUT2D eigenvalue weighted by atomic mass is 16.5. The highest BCUT2D eigenvalue weighted by Gasteiger charge is 2.20. The van der Waals surface area contributed by atoms with Crippen molar-refractivity contribution in [3.8, 4) is 0 Å². The van der Waals surface area contributed by atoms with Crippen molar-refractivity contribution in [2.45, 2.75) is 25.7 Å². The summed E-state index contributed by atoms with van der Waals surface area (Å²) in [6.45, 7) is 4.78. The summed E-state index contributed by atoms with van der Waals surface area (Å²) >= 11 is 0. The zero-order valence-corrected chi connectivity index (χ0v) is 9.26. The van der Waals surface area contributed by atoms with E-state index < -0.39 is 0 Å². The smallest absolute Gasteiger partial charge is 0.0591 e. The van der Waals surface area contributed by atoms with Crippen LogP contribution >= 0.6 is 0 Å². The van der Waals surface area contributed by atoms with E-state index in [-0.39, 0.29) is 0 Å². The Balaban J connectivity index is 1.63. The van der Waals surface area contributed by atoms with Gasteiger partial charge < -0.3 is 14.8 Å². The fourth-order valence-corrected chi connectivity index (χ4v) is 1.30. The predicted molar refractivity (Wildman–Crippen MR) is 57.5 cm³/mol. The molecule has 84 valence electrons. The minimum absolute atomic E-state index is 0.862. The zero-order valence-electron chi connectivity index (χ0n) is 9.26. The molecule has 0 bridgehead atoms. The second-order valence-electron chi connectivity index (χ2n) is 3.97. The standard InChI is InChI=1S/C11H23NO2/c1-13-8-3-2-6-12-7-9-14-10-11-4-5-11/h11-12H,2-10H2,1H3. The first-order valence-corrected chi connectivity index (χ1v) is 5.71. The topological polar surface area (TPSA) is 30.5 Å². The Hall–Kier alpha value is -0.120. The minimum Gasteiger partial charge on any atom is -0.385 e. The Bertz CT molecular complexity index is 126. The van der Waals surface area contributed by atoms with Crippen LogP contribution in [0.15, 0.2) is 0 Å². The molecule has 0 spiro atoms. The van der Waals surface area contributed by atoms with Crippen LogP contribution < -0.4 is 5.32 Å². The van der Waals surface area contributed by atoms with E-state index in [1.54, 1.807) is 7.11 Å². The highest BCUT2D eigenvalue weighted by molar-refractivity contribution is 4.71. The summed E-state index contributed by atoms with van der Waals surface area (Å²) in [5.41, 5.74) is 0. The van der Waals surface area contributed by atoms with E-state index in [0.29, 0.717) is 0 Å². The van der Waals surface area contributed by atoms with Crippen molar-refractivity contribution < 1.29 is 9.47 Å². The van der Waals surface area contributed by atoms with E-state index in [1.165, 1.54) is 19.3 Å². The van der Waals surface area contributed by atoms with E-state index in [4.69, 9.17) is 9.47 Å². The maximum atomic E-state index is 5.50. The number of hydrogen-bond acceptors (Lipinski definition) is 3. The van der Waals surface area contributed by atoms with Crippen LogP contribution in [0.1, 0.15) is 25.7 Å². The zero-order chi connectivity index (χ0) is 10.1. The first kappa shape index (κ1) is 12.0. The van der Waals surface area contributed by atoms with Crippen molar-refractivity contribution in [3.05, 3.63) is 0 Å². The molecule has 3 heteroatoms. The molecule has 0 aromatic heterocycles. The molecule has 0 saturated heterocycles. The minimum atomic E-state index is 0.862. The molecule has 3 nitrogen and oxygen atoms in total. The van der Waals surface area contributed by atoms with E-state index in [2.05, 4.69) is 5.32 Å². The molecule has 0 radical (unpaired) electrons. The fourth-order valence-electron chi connectivity index (χ4n) is 1.30. The van der Waals surface area contributed by atoms with Crippen molar-refractivity contribution in [2.24, 2.45) is 5.92 Å². The molecule has 14 heavy (non-hydrogen) atoms. The molecule has 1 aliphatic rings. The van der Waals surface area contributed by atoms with Crippen molar-refractivity contribution in [1.29, 1.82) is 0 Å². The number of hydrogen-bond donors (Lipinski definition) is 1. The Morgan fingerprint density at radius 2 is 2.00 bits per heavy atom. The van der Waals surface area contributed by atoms with Gasteiger partial charge in [0.25, 0.3) is 0 Å². The van der Waals surface area contributed by atoms with Crippen LogP contribution in [0.5, 0.6) is 0 Å². The molecule has 0 heterocycles. The van der Waals surface area contributed by atoms with Gasteiger partial charge in [0, 0.05) is 26.9 Å². The summed E-state index contributed by atoms with van der Waals surface area (Å²) in [6, 6.07) is 0. The summed E-state index contributed by atoms with van der Waals surface area (Å²) in [5.74, 6) is 0.886. The van der Waals surface area contributed by atoms with Gasteiger partial charge in [-0.15, -0.1) is 0 Å². The SMILES string of the molecule is COCCCCNCCOCC1CC1. The fraction of sp³-hybridized carbons (Fsp3) is 1.00. The molecule has 0 unspecified atom stereocenters. The number of nitrogens with one attached hydrogen (secondary N) is 1. The first-order valence-electron chi connectivity index (χ1n) is 5.71. The van der Waals surface area contributed by atoms with E-state index in [9.17, 15) is 0 Å². The Kier molecular flexibility index (Phi) is 7.01. The molecular weight excluding hydrogens is 178 g/mol. The van der Waals surface area contributed by atoms with Crippen LogP contribution in [0.2, 0.25) is 0 Å². The molecule has 1 fully saturated rings. The summed E-state index contributed by atoms with van der Waals surface area (Å²) in [7, 11) is 1.75.